The number of amides is 2. The van der Waals surface area contributed by atoms with Gasteiger partial charge in [-0.1, -0.05) is 38.1 Å². The molecule has 5 nitrogen and oxygen atoms in total. The molecule has 23 heavy (non-hydrogen) atoms. The third-order valence-corrected chi connectivity index (χ3v) is 4.12. The molecule has 0 aliphatic carbocycles. The highest BCUT2D eigenvalue weighted by atomic mass is 16.3. The first-order valence-corrected chi connectivity index (χ1v) is 7.80. The summed E-state index contributed by atoms with van der Waals surface area (Å²) in [5.41, 5.74) is 2.01. The number of hydrogen-bond acceptors (Lipinski definition) is 3. The van der Waals surface area contributed by atoms with Crippen molar-refractivity contribution >= 4 is 11.8 Å². The van der Waals surface area contributed by atoms with Crippen molar-refractivity contribution in [1.82, 2.24) is 10.2 Å². The number of rotatable bonds is 3. The first-order chi connectivity index (χ1) is 11.1. The van der Waals surface area contributed by atoms with Crippen LogP contribution in [0.15, 0.2) is 47.1 Å². The number of carbonyl (C=O) groups excluding carboxylic acids is 2. The smallest absolute Gasteiger partial charge is 0.290 e. The lowest BCUT2D eigenvalue weighted by Crippen LogP contribution is -2.52. The fourth-order valence-corrected chi connectivity index (χ4v) is 2.82. The summed E-state index contributed by atoms with van der Waals surface area (Å²) < 4.78 is 5.20. The van der Waals surface area contributed by atoms with Crippen LogP contribution in [0.25, 0.3) is 0 Å². The van der Waals surface area contributed by atoms with Gasteiger partial charge in [-0.25, -0.2) is 0 Å². The summed E-state index contributed by atoms with van der Waals surface area (Å²) in [5.74, 6) is 0.254. The molecule has 5 heteroatoms. The normalized spacial score (nSPS) is 18.1. The molecule has 1 aromatic heterocycles. The van der Waals surface area contributed by atoms with E-state index < -0.39 is 6.04 Å². The molecule has 1 aromatic carbocycles. The number of benzene rings is 1. The van der Waals surface area contributed by atoms with Crippen molar-refractivity contribution in [2.45, 2.75) is 25.8 Å². The lowest BCUT2D eigenvalue weighted by atomic mass is 9.97. The molecule has 2 amide bonds. The molecule has 1 atom stereocenters. The van der Waals surface area contributed by atoms with E-state index >= 15 is 0 Å². The van der Waals surface area contributed by atoms with E-state index in [9.17, 15) is 9.59 Å². The van der Waals surface area contributed by atoms with Gasteiger partial charge >= 0.3 is 0 Å². The molecule has 1 N–H and O–H groups in total. The van der Waals surface area contributed by atoms with E-state index in [1.807, 2.05) is 24.3 Å². The van der Waals surface area contributed by atoms with Crippen LogP contribution in [0.5, 0.6) is 0 Å². The molecule has 1 unspecified atom stereocenters. The van der Waals surface area contributed by atoms with Crippen molar-refractivity contribution in [2.75, 3.05) is 13.1 Å². The highest BCUT2D eigenvalue weighted by molar-refractivity contribution is 5.96. The van der Waals surface area contributed by atoms with Gasteiger partial charge in [0, 0.05) is 13.1 Å². The summed E-state index contributed by atoms with van der Waals surface area (Å²) in [4.78, 5) is 26.6. The van der Waals surface area contributed by atoms with Gasteiger partial charge < -0.3 is 14.6 Å². The second-order valence-corrected chi connectivity index (χ2v) is 5.99. The fourth-order valence-electron chi connectivity index (χ4n) is 2.82. The van der Waals surface area contributed by atoms with E-state index in [4.69, 9.17) is 4.42 Å². The molecular formula is C18H20N2O3. The maximum atomic E-state index is 12.6. The Kier molecular flexibility index (Phi) is 4.19. The van der Waals surface area contributed by atoms with Gasteiger partial charge in [0.25, 0.3) is 5.91 Å². The second kappa shape index (κ2) is 6.28. The van der Waals surface area contributed by atoms with E-state index in [1.54, 1.807) is 17.0 Å². The molecule has 0 spiro atoms. The minimum Gasteiger partial charge on any atom is -0.459 e. The zero-order valence-electron chi connectivity index (χ0n) is 13.3. The van der Waals surface area contributed by atoms with E-state index in [-0.39, 0.29) is 17.6 Å². The molecular weight excluding hydrogens is 292 g/mol. The van der Waals surface area contributed by atoms with Crippen LogP contribution in [-0.2, 0) is 4.79 Å². The minimum atomic E-state index is -0.623. The van der Waals surface area contributed by atoms with Crippen LogP contribution in [0.3, 0.4) is 0 Å². The van der Waals surface area contributed by atoms with Crippen LogP contribution in [0, 0.1) is 0 Å². The van der Waals surface area contributed by atoms with Crippen molar-refractivity contribution < 1.29 is 14.0 Å². The average Bonchev–Trinajstić information content (AvgIpc) is 3.08. The van der Waals surface area contributed by atoms with Crippen molar-refractivity contribution in [3.05, 3.63) is 59.5 Å². The monoisotopic (exact) mass is 312 g/mol. The van der Waals surface area contributed by atoms with Gasteiger partial charge in [0.15, 0.2) is 5.76 Å². The Labute approximate surface area is 135 Å². The molecule has 2 aromatic rings. The van der Waals surface area contributed by atoms with Crippen LogP contribution >= 0.6 is 0 Å². The topological polar surface area (TPSA) is 62.6 Å². The summed E-state index contributed by atoms with van der Waals surface area (Å²) in [5, 5.41) is 2.83. The Morgan fingerprint density at radius 3 is 2.61 bits per heavy atom. The van der Waals surface area contributed by atoms with E-state index in [0.717, 1.165) is 5.56 Å². The first kappa shape index (κ1) is 15.3. The van der Waals surface area contributed by atoms with Crippen molar-refractivity contribution in [1.29, 1.82) is 0 Å². The van der Waals surface area contributed by atoms with Crippen LogP contribution < -0.4 is 5.32 Å². The van der Waals surface area contributed by atoms with Gasteiger partial charge in [-0.2, -0.15) is 0 Å². The second-order valence-electron chi connectivity index (χ2n) is 5.99. The Morgan fingerprint density at radius 1 is 1.26 bits per heavy atom. The highest BCUT2D eigenvalue weighted by Gasteiger charge is 2.35. The quantitative estimate of drug-likeness (QED) is 0.948. The zero-order valence-corrected chi connectivity index (χ0v) is 13.3. The van der Waals surface area contributed by atoms with Crippen molar-refractivity contribution in [2.24, 2.45) is 0 Å². The number of nitrogens with one attached hydrogen (secondary N) is 1. The number of carbonyl (C=O) groups is 2. The lowest BCUT2D eigenvalue weighted by molar-refractivity contribution is -0.128. The number of hydrogen-bond donors (Lipinski definition) is 1. The zero-order chi connectivity index (χ0) is 16.4. The summed E-state index contributed by atoms with van der Waals surface area (Å²) in [6.45, 7) is 5.15. The number of furan rings is 1. The summed E-state index contributed by atoms with van der Waals surface area (Å²) in [6, 6.07) is 10.5. The molecule has 3 rings (SSSR count). The minimum absolute atomic E-state index is 0.159. The van der Waals surface area contributed by atoms with E-state index in [2.05, 4.69) is 19.2 Å². The predicted octanol–water partition coefficient (Wildman–Crippen LogP) is 2.72. The van der Waals surface area contributed by atoms with Gasteiger partial charge in [0.05, 0.1) is 6.26 Å². The van der Waals surface area contributed by atoms with Crippen LogP contribution in [0.1, 0.15) is 47.5 Å². The fraction of sp³-hybridized carbons (Fsp3) is 0.333. The molecule has 2 heterocycles. The molecule has 1 fully saturated rings. The Bertz CT molecular complexity index is 690. The molecule has 0 bridgehead atoms. The maximum absolute atomic E-state index is 12.6. The number of piperazine rings is 1. The Balaban J connectivity index is 1.92. The van der Waals surface area contributed by atoms with Crippen LogP contribution in [0.2, 0.25) is 0 Å². The SMILES string of the molecule is CC(C)c1ccc(C2C(=O)NCCN2C(=O)c2ccco2)cc1. The highest BCUT2D eigenvalue weighted by Crippen LogP contribution is 2.27. The standard InChI is InChI=1S/C18H20N2O3/c1-12(2)13-5-7-14(8-6-13)16-17(21)19-9-10-20(16)18(22)15-4-3-11-23-15/h3-8,11-12,16H,9-10H2,1-2H3,(H,19,21). The van der Waals surface area contributed by atoms with Crippen LogP contribution in [-0.4, -0.2) is 29.8 Å². The average molecular weight is 312 g/mol. The van der Waals surface area contributed by atoms with Gasteiger partial charge in [0.2, 0.25) is 5.91 Å². The summed E-state index contributed by atoms with van der Waals surface area (Å²) in [7, 11) is 0. The Morgan fingerprint density at radius 2 is 2.00 bits per heavy atom. The molecule has 0 radical (unpaired) electrons. The van der Waals surface area contributed by atoms with Crippen molar-refractivity contribution in [3.8, 4) is 0 Å². The maximum Gasteiger partial charge on any atom is 0.290 e. The largest absolute Gasteiger partial charge is 0.459 e. The molecule has 0 saturated carbocycles. The first-order valence-electron chi connectivity index (χ1n) is 7.80. The third kappa shape index (κ3) is 2.99. The van der Waals surface area contributed by atoms with Gasteiger partial charge in [-0.15, -0.1) is 0 Å². The molecule has 1 aliphatic heterocycles. The van der Waals surface area contributed by atoms with Gasteiger partial charge in [-0.3, -0.25) is 9.59 Å². The summed E-state index contributed by atoms with van der Waals surface area (Å²) in [6.07, 6.45) is 1.46. The molecule has 1 aliphatic rings. The van der Waals surface area contributed by atoms with Crippen LogP contribution in [0.4, 0.5) is 0 Å². The van der Waals surface area contributed by atoms with Gasteiger partial charge in [0.1, 0.15) is 6.04 Å². The molecule has 1 saturated heterocycles. The molecule has 120 valence electrons. The lowest BCUT2D eigenvalue weighted by Gasteiger charge is -2.34. The van der Waals surface area contributed by atoms with Crippen molar-refractivity contribution in [3.63, 3.8) is 0 Å². The van der Waals surface area contributed by atoms with E-state index in [1.165, 1.54) is 11.8 Å². The third-order valence-electron chi connectivity index (χ3n) is 4.12. The number of nitrogens with zero attached hydrogens (tertiary/aromatic N) is 1. The van der Waals surface area contributed by atoms with Gasteiger partial charge in [-0.05, 0) is 29.2 Å². The predicted molar refractivity (Wildman–Crippen MR) is 86.0 cm³/mol. The Hall–Kier alpha value is -2.56. The summed E-state index contributed by atoms with van der Waals surface area (Å²) >= 11 is 0. The van der Waals surface area contributed by atoms with E-state index in [0.29, 0.717) is 19.0 Å².